The third-order valence-corrected chi connectivity index (χ3v) is 2.58. The van der Waals surface area contributed by atoms with E-state index < -0.39 is 0 Å². The minimum absolute atomic E-state index is 0.149. The second-order valence-electron chi connectivity index (χ2n) is 3.82. The molecule has 0 radical (unpaired) electrons. The minimum Gasteiger partial charge on any atom is -0.375 e. The first-order valence-electron chi connectivity index (χ1n) is 4.55. The van der Waals surface area contributed by atoms with Gasteiger partial charge >= 0.3 is 0 Å². The summed E-state index contributed by atoms with van der Waals surface area (Å²) in [5.41, 5.74) is -0.149. The molecule has 1 aromatic heterocycles. The fraction of sp³-hybridized carbons (Fsp3) is 0.500. The summed E-state index contributed by atoms with van der Waals surface area (Å²) in [4.78, 5) is 5.87. The van der Waals surface area contributed by atoms with E-state index in [2.05, 4.69) is 4.98 Å². The highest BCUT2D eigenvalue weighted by Gasteiger charge is 2.40. The van der Waals surface area contributed by atoms with Crippen LogP contribution < -0.4 is 4.90 Å². The smallest absolute Gasteiger partial charge is 0.165 e. The molecule has 0 amide bonds. The van der Waals surface area contributed by atoms with Crippen molar-refractivity contribution in [1.29, 1.82) is 0 Å². The van der Waals surface area contributed by atoms with Gasteiger partial charge in [-0.25, -0.2) is 9.37 Å². The van der Waals surface area contributed by atoms with Gasteiger partial charge in [-0.15, -0.1) is 0 Å². The number of pyridine rings is 1. The number of aromatic nitrogens is 1. The molecule has 0 spiro atoms. The Balaban J connectivity index is 2.10. The molecule has 0 saturated carbocycles. The van der Waals surface area contributed by atoms with E-state index >= 15 is 0 Å². The van der Waals surface area contributed by atoms with Crippen LogP contribution in [-0.2, 0) is 4.74 Å². The van der Waals surface area contributed by atoms with E-state index in [0.717, 1.165) is 0 Å². The van der Waals surface area contributed by atoms with Crippen molar-refractivity contribution in [2.45, 2.75) is 12.5 Å². The van der Waals surface area contributed by atoms with Gasteiger partial charge in [-0.2, -0.15) is 0 Å². The van der Waals surface area contributed by atoms with Crippen LogP contribution in [0.25, 0.3) is 0 Å². The Labute approximate surface area is 82.5 Å². The summed E-state index contributed by atoms with van der Waals surface area (Å²) in [6.07, 6.45) is 1.60. The highest BCUT2D eigenvalue weighted by atomic mass is 19.1. The van der Waals surface area contributed by atoms with Gasteiger partial charge in [0.25, 0.3) is 0 Å². The quantitative estimate of drug-likeness (QED) is 0.715. The van der Waals surface area contributed by atoms with Gasteiger partial charge in [0, 0.05) is 13.3 Å². The topological polar surface area (TPSA) is 25.4 Å². The number of methoxy groups -OCH3 is 1. The fourth-order valence-electron chi connectivity index (χ4n) is 1.65. The second-order valence-corrected chi connectivity index (χ2v) is 3.82. The Kier molecular flexibility index (Phi) is 2.15. The van der Waals surface area contributed by atoms with Crippen molar-refractivity contribution in [3.63, 3.8) is 0 Å². The first kappa shape index (κ1) is 9.40. The van der Waals surface area contributed by atoms with Crippen molar-refractivity contribution < 1.29 is 9.13 Å². The van der Waals surface area contributed by atoms with Gasteiger partial charge in [0.05, 0.1) is 18.7 Å². The maximum absolute atomic E-state index is 13.3. The maximum atomic E-state index is 13.3. The highest BCUT2D eigenvalue weighted by molar-refractivity contribution is 5.44. The standard InChI is InChI=1S/C10H13FN2O/c1-10(14-2)6-13(7-10)9-8(11)4-3-5-12-9/h3-5H,6-7H2,1-2H3. The molecule has 1 aliphatic rings. The van der Waals surface area contributed by atoms with Crippen molar-refractivity contribution >= 4 is 5.82 Å². The molecule has 2 heterocycles. The minimum atomic E-state index is -0.273. The van der Waals surface area contributed by atoms with Crippen LogP contribution in [0, 0.1) is 5.82 Å². The molecule has 0 bridgehead atoms. The van der Waals surface area contributed by atoms with Crippen LogP contribution in [0.5, 0.6) is 0 Å². The molecular weight excluding hydrogens is 183 g/mol. The number of hydrogen-bond donors (Lipinski definition) is 0. The molecule has 3 nitrogen and oxygen atoms in total. The van der Waals surface area contributed by atoms with Crippen LogP contribution in [0.2, 0.25) is 0 Å². The Hall–Kier alpha value is -1.16. The van der Waals surface area contributed by atoms with Gasteiger partial charge in [0.15, 0.2) is 11.6 Å². The number of rotatable bonds is 2. The van der Waals surface area contributed by atoms with Crippen LogP contribution in [0.1, 0.15) is 6.92 Å². The van der Waals surface area contributed by atoms with E-state index in [1.807, 2.05) is 11.8 Å². The van der Waals surface area contributed by atoms with E-state index in [0.29, 0.717) is 18.9 Å². The Bertz CT molecular complexity index is 337. The normalized spacial score (nSPS) is 19.2. The molecule has 2 rings (SSSR count). The Morgan fingerprint density at radius 1 is 1.57 bits per heavy atom. The molecule has 0 aromatic carbocycles. The monoisotopic (exact) mass is 196 g/mol. The summed E-state index contributed by atoms with van der Waals surface area (Å²) in [6, 6.07) is 3.01. The molecule has 14 heavy (non-hydrogen) atoms. The third-order valence-electron chi connectivity index (χ3n) is 2.58. The zero-order valence-corrected chi connectivity index (χ0v) is 8.33. The molecule has 0 atom stereocenters. The molecule has 0 unspecified atom stereocenters. The summed E-state index contributed by atoms with van der Waals surface area (Å²) in [6.45, 7) is 3.39. The van der Waals surface area contributed by atoms with E-state index in [4.69, 9.17) is 4.74 Å². The molecule has 1 fully saturated rings. The predicted molar refractivity (Wildman–Crippen MR) is 51.8 cm³/mol. The number of ether oxygens (including phenoxy) is 1. The van der Waals surface area contributed by atoms with Crippen LogP contribution in [0.3, 0.4) is 0 Å². The first-order valence-corrected chi connectivity index (χ1v) is 4.55. The summed E-state index contributed by atoms with van der Waals surface area (Å²) >= 11 is 0. The number of nitrogens with zero attached hydrogens (tertiary/aromatic N) is 2. The lowest BCUT2D eigenvalue weighted by Crippen LogP contribution is -2.61. The molecule has 4 heteroatoms. The van der Waals surface area contributed by atoms with Crippen molar-refractivity contribution in [2.24, 2.45) is 0 Å². The van der Waals surface area contributed by atoms with E-state index in [-0.39, 0.29) is 11.4 Å². The Morgan fingerprint density at radius 2 is 2.29 bits per heavy atom. The highest BCUT2D eigenvalue weighted by Crippen LogP contribution is 2.29. The van der Waals surface area contributed by atoms with Crippen molar-refractivity contribution in [2.75, 3.05) is 25.1 Å². The zero-order chi connectivity index (χ0) is 10.2. The van der Waals surface area contributed by atoms with E-state index in [9.17, 15) is 4.39 Å². The summed E-state index contributed by atoms with van der Waals surface area (Å²) in [5, 5.41) is 0. The molecule has 1 saturated heterocycles. The van der Waals surface area contributed by atoms with Gasteiger partial charge in [0.1, 0.15) is 0 Å². The van der Waals surface area contributed by atoms with Gasteiger partial charge in [-0.3, -0.25) is 0 Å². The first-order chi connectivity index (χ1) is 6.64. The van der Waals surface area contributed by atoms with E-state index in [1.54, 1.807) is 19.4 Å². The van der Waals surface area contributed by atoms with Crippen LogP contribution in [0.15, 0.2) is 18.3 Å². The SMILES string of the molecule is COC1(C)CN(c2ncccc2F)C1. The maximum Gasteiger partial charge on any atom is 0.165 e. The molecule has 0 N–H and O–H groups in total. The lowest BCUT2D eigenvalue weighted by atomic mass is 9.96. The number of hydrogen-bond acceptors (Lipinski definition) is 3. The lowest BCUT2D eigenvalue weighted by Gasteiger charge is -2.47. The summed E-state index contributed by atoms with van der Waals surface area (Å²) in [7, 11) is 1.67. The van der Waals surface area contributed by atoms with Crippen LogP contribution >= 0.6 is 0 Å². The molecule has 1 aliphatic heterocycles. The lowest BCUT2D eigenvalue weighted by molar-refractivity contribution is -0.0174. The molecule has 1 aromatic rings. The largest absolute Gasteiger partial charge is 0.375 e. The fourth-order valence-corrected chi connectivity index (χ4v) is 1.65. The Morgan fingerprint density at radius 3 is 2.86 bits per heavy atom. The van der Waals surface area contributed by atoms with Gasteiger partial charge < -0.3 is 9.64 Å². The average Bonchev–Trinajstić information content (AvgIpc) is 2.14. The number of halogens is 1. The van der Waals surface area contributed by atoms with Gasteiger partial charge in [-0.1, -0.05) is 0 Å². The molecule has 0 aliphatic carbocycles. The zero-order valence-electron chi connectivity index (χ0n) is 8.33. The predicted octanol–water partition coefficient (Wildman–Crippen LogP) is 1.45. The number of anilines is 1. The molecule has 76 valence electrons. The average molecular weight is 196 g/mol. The van der Waals surface area contributed by atoms with Gasteiger partial charge in [0.2, 0.25) is 0 Å². The molecular formula is C10H13FN2O. The summed E-state index contributed by atoms with van der Waals surface area (Å²) < 4.78 is 18.5. The third kappa shape index (κ3) is 1.46. The van der Waals surface area contributed by atoms with Crippen molar-refractivity contribution in [1.82, 2.24) is 4.98 Å². The summed E-state index contributed by atoms with van der Waals surface area (Å²) in [5.74, 6) is 0.146. The van der Waals surface area contributed by atoms with Gasteiger partial charge in [-0.05, 0) is 19.1 Å². The van der Waals surface area contributed by atoms with Crippen molar-refractivity contribution in [3.8, 4) is 0 Å². The van der Waals surface area contributed by atoms with Crippen LogP contribution in [-0.4, -0.2) is 30.8 Å². The second kappa shape index (κ2) is 3.20. The van der Waals surface area contributed by atoms with E-state index in [1.165, 1.54) is 6.07 Å². The van der Waals surface area contributed by atoms with Crippen molar-refractivity contribution in [3.05, 3.63) is 24.1 Å². The van der Waals surface area contributed by atoms with Crippen LogP contribution in [0.4, 0.5) is 10.2 Å².